The SMILES string of the molecule is Cc1ccc(NC(=O)CN2C(=O)S/C(=C/c3c4ccccc4cc4ccccc34)C2=O)cc1. The van der Waals surface area contributed by atoms with Crippen molar-refractivity contribution in [3.63, 3.8) is 0 Å². The number of amides is 3. The van der Waals surface area contributed by atoms with Crippen LogP contribution in [-0.4, -0.2) is 28.5 Å². The summed E-state index contributed by atoms with van der Waals surface area (Å²) in [7, 11) is 0. The fourth-order valence-electron chi connectivity index (χ4n) is 3.95. The lowest BCUT2D eigenvalue weighted by atomic mass is 9.96. The number of rotatable bonds is 4. The van der Waals surface area contributed by atoms with E-state index in [9.17, 15) is 14.4 Å². The quantitative estimate of drug-likeness (QED) is 0.306. The smallest absolute Gasteiger partial charge is 0.294 e. The van der Waals surface area contributed by atoms with E-state index in [0.717, 1.165) is 49.3 Å². The normalized spacial score (nSPS) is 15.1. The van der Waals surface area contributed by atoms with Crippen molar-refractivity contribution in [2.24, 2.45) is 0 Å². The highest BCUT2D eigenvalue weighted by atomic mass is 32.2. The minimum Gasteiger partial charge on any atom is -0.325 e. The molecule has 162 valence electrons. The van der Waals surface area contributed by atoms with Gasteiger partial charge in [-0.05, 0) is 70.1 Å². The Morgan fingerprint density at radius 1 is 0.909 bits per heavy atom. The second-order valence-corrected chi connectivity index (χ2v) is 8.91. The zero-order valence-corrected chi connectivity index (χ0v) is 18.7. The van der Waals surface area contributed by atoms with E-state index in [0.29, 0.717) is 10.6 Å². The first-order valence-electron chi connectivity index (χ1n) is 10.5. The summed E-state index contributed by atoms with van der Waals surface area (Å²) in [6.45, 7) is 1.63. The molecule has 1 fully saturated rings. The van der Waals surface area contributed by atoms with Gasteiger partial charge in [0.1, 0.15) is 6.54 Å². The molecular formula is C27H20N2O3S. The molecule has 0 bridgehead atoms. The number of fused-ring (bicyclic) bond motifs is 2. The standard InChI is InChI=1S/C27H20N2O3S/c1-17-10-12-20(13-11-17)28-25(30)16-29-26(31)24(33-27(29)32)15-23-21-8-4-2-6-18(21)14-19-7-3-5-9-22(19)23/h2-15H,16H2,1H3,(H,28,30)/b24-15+. The molecule has 1 aliphatic heterocycles. The number of carbonyl (C=O) groups excluding carboxylic acids is 3. The van der Waals surface area contributed by atoms with Gasteiger partial charge in [0.15, 0.2) is 0 Å². The van der Waals surface area contributed by atoms with E-state index in [-0.39, 0.29) is 6.54 Å². The zero-order chi connectivity index (χ0) is 22.9. The highest BCUT2D eigenvalue weighted by molar-refractivity contribution is 8.18. The van der Waals surface area contributed by atoms with Gasteiger partial charge in [0.25, 0.3) is 11.1 Å². The highest BCUT2D eigenvalue weighted by Gasteiger charge is 2.36. The van der Waals surface area contributed by atoms with Crippen molar-refractivity contribution < 1.29 is 14.4 Å². The maximum absolute atomic E-state index is 13.1. The molecule has 0 unspecified atom stereocenters. The largest absolute Gasteiger partial charge is 0.325 e. The van der Waals surface area contributed by atoms with E-state index in [4.69, 9.17) is 0 Å². The molecule has 0 aliphatic carbocycles. The molecule has 33 heavy (non-hydrogen) atoms. The van der Waals surface area contributed by atoms with Gasteiger partial charge in [-0.25, -0.2) is 0 Å². The van der Waals surface area contributed by atoms with E-state index in [1.165, 1.54) is 0 Å². The molecule has 3 amide bonds. The maximum Gasteiger partial charge on any atom is 0.294 e. The summed E-state index contributed by atoms with van der Waals surface area (Å²) in [6.07, 6.45) is 1.77. The predicted molar refractivity (Wildman–Crippen MR) is 134 cm³/mol. The van der Waals surface area contributed by atoms with E-state index in [1.807, 2.05) is 67.6 Å². The van der Waals surface area contributed by atoms with Crippen LogP contribution in [0.25, 0.3) is 27.6 Å². The molecule has 0 radical (unpaired) electrons. The lowest BCUT2D eigenvalue weighted by Crippen LogP contribution is -2.36. The third-order valence-electron chi connectivity index (χ3n) is 5.60. The molecule has 4 aromatic rings. The Balaban J connectivity index is 1.45. The van der Waals surface area contributed by atoms with Crippen molar-refractivity contribution in [3.8, 4) is 0 Å². The number of aryl methyl sites for hydroxylation is 1. The molecule has 5 rings (SSSR count). The third-order valence-corrected chi connectivity index (χ3v) is 6.51. The van der Waals surface area contributed by atoms with Gasteiger partial charge in [0.2, 0.25) is 5.91 Å². The number of benzene rings is 4. The Hall–Kier alpha value is -3.90. The van der Waals surface area contributed by atoms with Gasteiger partial charge in [-0.3, -0.25) is 19.3 Å². The molecular weight excluding hydrogens is 432 g/mol. The molecule has 0 atom stereocenters. The van der Waals surface area contributed by atoms with Gasteiger partial charge in [0.05, 0.1) is 4.91 Å². The van der Waals surface area contributed by atoms with E-state index >= 15 is 0 Å². The summed E-state index contributed by atoms with van der Waals surface area (Å²) >= 11 is 0.863. The summed E-state index contributed by atoms with van der Waals surface area (Å²) in [5.74, 6) is -0.876. The Morgan fingerprint density at radius 2 is 1.52 bits per heavy atom. The number of hydrogen-bond acceptors (Lipinski definition) is 4. The average Bonchev–Trinajstić information content (AvgIpc) is 3.07. The Bertz CT molecular complexity index is 1400. The summed E-state index contributed by atoms with van der Waals surface area (Å²) in [4.78, 5) is 39.4. The number of nitrogens with zero attached hydrogens (tertiary/aromatic N) is 1. The van der Waals surface area contributed by atoms with Crippen LogP contribution in [0.1, 0.15) is 11.1 Å². The van der Waals surface area contributed by atoms with E-state index in [1.54, 1.807) is 18.2 Å². The fraction of sp³-hybridized carbons (Fsp3) is 0.0741. The van der Waals surface area contributed by atoms with Crippen LogP contribution in [0, 0.1) is 6.92 Å². The first-order chi connectivity index (χ1) is 16.0. The Labute approximate surface area is 195 Å². The summed E-state index contributed by atoms with van der Waals surface area (Å²) < 4.78 is 0. The lowest BCUT2D eigenvalue weighted by molar-refractivity contribution is -0.127. The molecule has 1 heterocycles. The van der Waals surface area contributed by atoms with Crippen LogP contribution in [0.15, 0.2) is 83.8 Å². The topological polar surface area (TPSA) is 66.5 Å². The summed E-state index contributed by atoms with van der Waals surface area (Å²) in [6, 6.07) is 25.4. The number of nitrogens with one attached hydrogen (secondary N) is 1. The average molecular weight is 453 g/mol. The van der Waals surface area contributed by atoms with Gasteiger partial charge in [0, 0.05) is 5.69 Å². The van der Waals surface area contributed by atoms with Crippen molar-refractivity contribution >= 4 is 62.1 Å². The van der Waals surface area contributed by atoms with Crippen LogP contribution in [0.5, 0.6) is 0 Å². The first-order valence-corrected chi connectivity index (χ1v) is 11.3. The maximum atomic E-state index is 13.1. The number of anilines is 1. The van der Waals surface area contributed by atoms with Crippen LogP contribution < -0.4 is 5.32 Å². The third kappa shape index (κ3) is 4.13. The molecule has 1 aliphatic rings. The molecule has 6 heteroatoms. The predicted octanol–water partition coefficient (Wildman–Crippen LogP) is 5.98. The second kappa shape index (κ2) is 8.56. The van der Waals surface area contributed by atoms with Crippen LogP contribution in [-0.2, 0) is 9.59 Å². The monoisotopic (exact) mass is 452 g/mol. The van der Waals surface area contributed by atoms with Crippen molar-refractivity contribution in [2.75, 3.05) is 11.9 Å². The van der Waals surface area contributed by atoms with Crippen LogP contribution in [0.2, 0.25) is 0 Å². The molecule has 0 aromatic heterocycles. The molecule has 4 aromatic carbocycles. The molecule has 0 saturated carbocycles. The summed E-state index contributed by atoms with van der Waals surface area (Å²) in [5.41, 5.74) is 2.58. The number of thioether (sulfide) groups is 1. The Kier molecular flexibility index (Phi) is 5.44. The van der Waals surface area contributed by atoms with Crippen LogP contribution >= 0.6 is 11.8 Å². The van der Waals surface area contributed by atoms with Crippen LogP contribution in [0.4, 0.5) is 10.5 Å². The van der Waals surface area contributed by atoms with E-state index < -0.39 is 17.1 Å². The number of carbonyl (C=O) groups is 3. The van der Waals surface area contributed by atoms with Crippen LogP contribution in [0.3, 0.4) is 0 Å². The minimum atomic E-state index is -0.457. The highest BCUT2D eigenvalue weighted by Crippen LogP contribution is 2.36. The van der Waals surface area contributed by atoms with Gasteiger partial charge in [-0.2, -0.15) is 0 Å². The Morgan fingerprint density at radius 3 is 2.15 bits per heavy atom. The van der Waals surface area contributed by atoms with Crippen molar-refractivity contribution in [1.29, 1.82) is 0 Å². The fourth-order valence-corrected chi connectivity index (χ4v) is 4.77. The van der Waals surface area contributed by atoms with Gasteiger partial charge < -0.3 is 5.32 Å². The second-order valence-electron chi connectivity index (χ2n) is 7.91. The number of hydrogen-bond donors (Lipinski definition) is 1. The molecule has 1 N–H and O–H groups in total. The molecule has 0 spiro atoms. The first kappa shape index (κ1) is 21.0. The van der Waals surface area contributed by atoms with Crippen molar-refractivity contribution in [1.82, 2.24) is 4.90 Å². The van der Waals surface area contributed by atoms with Gasteiger partial charge >= 0.3 is 0 Å². The van der Waals surface area contributed by atoms with Crippen molar-refractivity contribution in [2.45, 2.75) is 6.92 Å². The number of imide groups is 1. The van der Waals surface area contributed by atoms with E-state index in [2.05, 4.69) is 11.4 Å². The molecule has 1 saturated heterocycles. The molecule has 5 nitrogen and oxygen atoms in total. The summed E-state index contributed by atoms with van der Waals surface area (Å²) in [5, 5.41) is 6.40. The minimum absolute atomic E-state index is 0.310. The van der Waals surface area contributed by atoms with Crippen molar-refractivity contribution in [3.05, 3.63) is 94.9 Å². The lowest BCUT2D eigenvalue weighted by Gasteiger charge is -2.12. The zero-order valence-electron chi connectivity index (χ0n) is 17.9. The van der Waals surface area contributed by atoms with Gasteiger partial charge in [-0.1, -0.05) is 66.2 Å². The van der Waals surface area contributed by atoms with Gasteiger partial charge in [-0.15, -0.1) is 0 Å².